The molecule has 0 aliphatic rings. The van der Waals surface area contributed by atoms with Gasteiger partial charge in [-0.25, -0.2) is 0 Å². The van der Waals surface area contributed by atoms with Crippen LogP contribution in [0.1, 0.15) is 239 Å². The summed E-state index contributed by atoms with van der Waals surface area (Å²) >= 11 is 0. The molecule has 6 nitrogen and oxygen atoms in total. The van der Waals surface area contributed by atoms with Gasteiger partial charge in [0.1, 0.15) is 13.2 Å². The first-order valence-electron chi connectivity index (χ1n) is 25.4. The predicted octanol–water partition coefficient (Wildman–Crippen LogP) is 16.6. The summed E-state index contributed by atoms with van der Waals surface area (Å²) in [5.74, 6) is -0.996. The molecule has 0 aromatic heterocycles. The first-order valence-corrected chi connectivity index (χ1v) is 25.4. The van der Waals surface area contributed by atoms with Crippen molar-refractivity contribution < 1.29 is 28.6 Å². The lowest BCUT2D eigenvalue weighted by atomic mass is 10.0. The summed E-state index contributed by atoms with van der Waals surface area (Å²) in [7, 11) is 0. The number of carbonyl (C=O) groups excluding carboxylic acids is 3. The average Bonchev–Trinajstić information content (AvgIpc) is 3.26. The van der Waals surface area contributed by atoms with Crippen molar-refractivity contribution in [2.24, 2.45) is 0 Å². The van der Waals surface area contributed by atoms with E-state index in [1.807, 2.05) is 6.08 Å². The molecule has 0 heterocycles. The van der Waals surface area contributed by atoms with Crippen LogP contribution in [0.4, 0.5) is 0 Å². The predicted molar refractivity (Wildman–Crippen MR) is 261 cm³/mol. The number of esters is 3. The molecule has 0 spiro atoms. The summed E-state index contributed by atoms with van der Waals surface area (Å²) < 4.78 is 16.7. The second-order valence-electron chi connectivity index (χ2n) is 16.7. The van der Waals surface area contributed by atoms with Gasteiger partial charge in [-0.15, -0.1) is 0 Å². The Bertz CT molecular complexity index is 1160. The smallest absolute Gasteiger partial charge is 0.306 e. The summed E-state index contributed by atoms with van der Waals surface area (Å²) in [4.78, 5) is 37.8. The van der Waals surface area contributed by atoms with Crippen molar-refractivity contribution in [1.82, 2.24) is 0 Å². The van der Waals surface area contributed by atoms with Gasteiger partial charge in [-0.2, -0.15) is 0 Å². The molecule has 350 valence electrons. The van der Waals surface area contributed by atoms with Crippen LogP contribution in [-0.2, 0) is 28.6 Å². The Morgan fingerprint density at radius 2 is 0.639 bits per heavy atom. The van der Waals surface area contributed by atoms with E-state index in [0.29, 0.717) is 19.3 Å². The lowest BCUT2D eigenvalue weighted by Crippen LogP contribution is -2.30. The van der Waals surface area contributed by atoms with Crippen molar-refractivity contribution in [2.75, 3.05) is 13.2 Å². The van der Waals surface area contributed by atoms with Gasteiger partial charge in [-0.05, 0) is 77.0 Å². The fourth-order valence-corrected chi connectivity index (χ4v) is 6.82. The zero-order valence-electron chi connectivity index (χ0n) is 39.9. The Labute approximate surface area is 376 Å². The highest BCUT2D eigenvalue weighted by molar-refractivity contribution is 5.71. The molecule has 1 atom stereocenters. The first-order chi connectivity index (χ1) is 30.0. The molecule has 0 amide bonds. The van der Waals surface area contributed by atoms with Crippen LogP contribution in [0.5, 0.6) is 0 Å². The fraction of sp³-hybridized carbons (Fsp3) is 0.727. The highest BCUT2D eigenvalue weighted by atomic mass is 16.6. The third-order valence-corrected chi connectivity index (χ3v) is 10.7. The van der Waals surface area contributed by atoms with Gasteiger partial charge in [0.2, 0.25) is 0 Å². The average molecular weight is 851 g/mol. The quantitative estimate of drug-likeness (QED) is 0.0263. The zero-order valence-corrected chi connectivity index (χ0v) is 39.9. The lowest BCUT2D eigenvalue weighted by molar-refractivity contribution is -0.166. The van der Waals surface area contributed by atoms with E-state index in [0.717, 1.165) is 77.0 Å². The molecule has 0 aliphatic carbocycles. The molecule has 0 fully saturated rings. The molecule has 0 radical (unpaired) electrons. The van der Waals surface area contributed by atoms with Gasteiger partial charge < -0.3 is 14.2 Å². The van der Waals surface area contributed by atoms with Crippen molar-refractivity contribution in [1.29, 1.82) is 0 Å². The van der Waals surface area contributed by atoms with E-state index in [1.54, 1.807) is 0 Å². The van der Waals surface area contributed by atoms with Gasteiger partial charge >= 0.3 is 17.9 Å². The van der Waals surface area contributed by atoms with E-state index in [-0.39, 0.29) is 37.5 Å². The SMILES string of the molecule is CCCC/C=C\CCCCCCCC(=O)O[C@H](COC(=O)CC/C=C\C/C=C\C/C=C\C/C=C\C/C=C\CCCCC)COC(=O)CCCCCCCCCCCCCCC. The van der Waals surface area contributed by atoms with E-state index in [1.165, 1.54) is 116 Å². The number of hydrogen-bond acceptors (Lipinski definition) is 6. The molecular weight excluding hydrogens is 757 g/mol. The van der Waals surface area contributed by atoms with Gasteiger partial charge in [0.15, 0.2) is 6.10 Å². The minimum Gasteiger partial charge on any atom is -0.462 e. The second-order valence-corrected chi connectivity index (χ2v) is 16.7. The largest absolute Gasteiger partial charge is 0.462 e. The topological polar surface area (TPSA) is 78.9 Å². The third kappa shape index (κ3) is 47.7. The molecule has 0 rings (SSSR count). The molecule has 0 aromatic carbocycles. The van der Waals surface area contributed by atoms with Crippen LogP contribution in [0, 0.1) is 0 Å². The normalized spacial score (nSPS) is 12.6. The maximum absolute atomic E-state index is 12.7. The van der Waals surface area contributed by atoms with Crippen molar-refractivity contribution >= 4 is 17.9 Å². The van der Waals surface area contributed by atoms with Crippen LogP contribution < -0.4 is 0 Å². The van der Waals surface area contributed by atoms with Crippen molar-refractivity contribution in [2.45, 2.75) is 245 Å². The van der Waals surface area contributed by atoms with E-state index in [2.05, 4.69) is 87.6 Å². The Balaban J connectivity index is 4.46. The lowest BCUT2D eigenvalue weighted by Gasteiger charge is -2.18. The molecular formula is C55H94O6. The van der Waals surface area contributed by atoms with Crippen molar-refractivity contribution in [3.63, 3.8) is 0 Å². The minimum absolute atomic E-state index is 0.100. The molecule has 0 N–H and O–H groups in total. The van der Waals surface area contributed by atoms with Gasteiger partial charge in [-0.1, -0.05) is 216 Å². The van der Waals surface area contributed by atoms with E-state index < -0.39 is 6.10 Å². The highest BCUT2D eigenvalue weighted by Gasteiger charge is 2.19. The van der Waals surface area contributed by atoms with Crippen LogP contribution in [0.3, 0.4) is 0 Å². The molecule has 0 bridgehead atoms. The molecule has 61 heavy (non-hydrogen) atoms. The van der Waals surface area contributed by atoms with Crippen molar-refractivity contribution in [3.8, 4) is 0 Å². The Kier molecular flexibility index (Phi) is 46.9. The molecule has 0 aliphatic heterocycles. The molecule has 0 saturated carbocycles. The maximum Gasteiger partial charge on any atom is 0.306 e. The minimum atomic E-state index is -0.806. The van der Waals surface area contributed by atoms with E-state index in [4.69, 9.17) is 14.2 Å². The monoisotopic (exact) mass is 851 g/mol. The molecule has 6 heteroatoms. The van der Waals surface area contributed by atoms with Crippen molar-refractivity contribution in [3.05, 3.63) is 72.9 Å². The van der Waals surface area contributed by atoms with Crippen LogP contribution in [0.15, 0.2) is 72.9 Å². The Morgan fingerprint density at radius 1 is 0.328 bits per heavy atom. The van der Waals surface area contributed by atoms with Gasteiger partial charge in [0.25, 0.3) is 0 Å². The van der Waals surface area contributed by atoms with Crippen LogP contribution in [0.2, 0.25) is 0 Å². The molecule has 0 saturated heterocycles. The first kappa shape index (κ1) is 57.9. The summed E-state index contributed by atoms with van der Waals surface area (Å²) in [5.41, 5.74) is 0. The van der Waals surface area contributed by atoms with E-state index >= 15 is 0 Å². The number of allylic oxidation sites excluding steroid dienone is 12. The van der Waals surface area contributed by atoms with Gasteiger partial charge in [-0.3, -0.25) is 14.4 Å². The fourth-order valence-electron chi connectivity index (χ4n) is 6.82. The van der Waals surface area contributed by atoms with Gasteiger partial charge in [0, 0.05) is 19.3 Å². The van der Waals surface area contributed by atoms with E-state index in [9.17, 15) is 14.4 Å². The number of hydrogen-bond donors (Lipinski definition) is 0. The standard InChI is InChI=1S/C55H94O6/c1-4-7-10-13-16-19-22-24-25-26-27-28-29-31-34-36-39-42-45-48-54(57)60-51-52(61-55(58)49-46-43-40-37-32-21-18-15-12-9-6-3)50-59-53(56)47-44-41-38-35-33-30-23-20-17-14-11-8-5-2/h15-16,18-19,24-25,27-28,31,34,39,42,52H,4-14,17,20-23,26,29-30,32-33,35-38,40-41,43-51H2,1-3H3/b18-15-,19-16-,25-24-,28-27-,34-31-,42-39-/t52-/m0/s1. The summed E-state index contributed by atoms with van der Waals surface area (Å²) in [6, 6.07) is 0. The highest BCUT2D eigenvalue weighted by Crippen LogP contribution is 2.14. The number of carbonyl (C=O) groups is 3. The zero-order chi connectivity index (χ0) is 44.4. The van der Waals surface area contributed by atoms with Crippen LogP contribution in [-0.4, -0.2) is 37.2 Å². The number of unbranched alkanes of at least 4 members (excludes halogenated alkanes) is 22. The Hall–Kier alpha value is -3.15. The molecule has 0 aromatic rings. The maximum atomic E-state index is 12.7. The Morgan fingerprint density at radius 3 is 1.11 bits per heavy atom. The number of ether oxygens (including phenoxy) is 3. The van der Waals surface area contributed by atoms with Crippen LogP contribution in [0.25, 0.3) is 0 Å². The molecule has 0 unspecified atom stereocenters. The summed E-state index contributed by atoms with van der Waals surface area (Å²) in [5, 5.41) is 0. The second kappa shape index (κ2) is 49.5. The number of rotatable bonds is 45. The summed E-state index contributed by atoms with van der Waals surface area (Å²) in [6.07, 6.45) is 61.8. The van der Waals surface area contributed by atoms with Gasteiger partial charge in [0.05, 0.1) is 0 Å². The summed E-state index contributed by atoms with van der Waals surface area (Å²) in [6.45, 7) is 6.49. The third-order valence-electron chi connectivity index (χ3n) is 10.7. The van der Waals surface area contributed by atoms with Crippen LogP contribution >= 0.6 is 0 Å².